The third-order valence-corrected chi connectivity index (χ3v) is 10.0. The topological polar surface area (TPSA) is 32.0 Å². The summed E-state index contributed by atoms with van der Waals surface area (Å²) in [5.74, 6) is 5.39. The summed E-state index contributed by atoms with van der Waals surface area (Å²) in [5.41, 5.74) is 5.64. The first kappa shape index (κ1) is 50.1. The van der Waals surface area contributed by atoms with Crippen LogP contribution in [0, 0.1) is 35.5 Å². The Morgan fingerprint density at radius 3 is 1.55 bits per heavy atom. The first-order valence-electron chi connectivity index (χ1n) is 18.9. The van der Waals surface area contributed by atoms with Crippen LogP contribution in [-0.2, 0) is 19.3 Å². The number of benzene rings is 2. The minimum Gasteiger partial charge on any atom is -0.491 e. The number of imidazole rings is 1. The van der Waals surface area contributed by atoms with E-state index in [1.807, 2.05) is 12.5 Å². The second kappa shape index (κ2) is 24.3. The van der Waals surface area contributed by atoms with Gasteiger partial charge in [0.15, 0.2) is 0 Å². The molecule has 0 radical (unpaired) electrons. The number of para-hydroxylation sites is 1. The van der Waals surface area contributed by atoms with Crippen molar-refractivity contribution in [3.63, 3.8) is 0 Å². The third-order valence-electron chi connectivity index (χ3n) is 10.0. The van der Waals surface area contributed by atoms with Crippen LogP contribution in [0.15, 0.2) is 67.3 Å². The lowest BCUT2D eigenvalue weighted by Gasteiger charge is -2.18. The molecule has 0 saturated carbocycles. The van der Waals surface area contributed by atoms with E-state index < -0.39 is 0 Å². The Kier molecular flexibility index (Phi) is 23.8. The highest BCUT2D eigenvalue weighted by atomic mass is 16.5. The number of fused-ring (bicyclic) bond motifs is 1. The van der Waals surface area contributed by atoms with Crippen LogP contribution >= 0.6 is 0 Å². The van der Waals surface area contributed by atoms with E-state index in [9.17, 15) is 0 Å². The second-order valence-electron chi connectivity index (χ2n) is 16.1. The van der Waals surface area contributed by atoms with Crippen LogP contribution in [0.2, 0.25) is 0 Å². The minimum absolute atomic E-state index is 0. The van der Waals surface area contributed by atoms with Gasteiger partial charge in [-0.2, -0.15) is 0 Å². The van der Waals surface area contributed by atoms with Crippen molar-refractivity contribution in [1.29, 1.82) is 0 Å². The Morgan fingerprint density at radius 2 is 1.06 bits per heavy atom. The summed E-state index contributed by atoms with van der Waals surface area (Å²) in [7, 11) is 0. The van der Waals surface area contributed by atoms with Crippen molar-refractivity contribution < 1.29 is 4.74 Å². The average Bonchev–Trinajstić information content (AvgIpc) is 3.63. The lowest BCUT2D eigenvalue weighted by atomic mass is 9.91. The molecule has 0 aliphatic heterocycles. The molecule has 3 atom stereocenters. The molecule has 4 rings (SSSR count). The molecule has 4 nitrogen and oxygen atoms in total. The number of nitrogens with zero attached hydrogens (tertiary/aromatic N) is 3. The molecular formula is C47H83N3O. The fourth-order valence-electron chi connectivity index (χ4n) is 5.55. The van der Waals surface area contributed by atoms with Crippen LogP contribution in [0.25, 0.3) is 10.9 Å². The van der Waals surface area contributed by atoms with Gasteiger partial charge < -0.3 is 13.9 Å². The predicted molar refractivity (Wildman–Crippen MR) is 230 cm³/mol. The zero-order chi connectivity index (χ0) is 36.1. The molecule has 0 saturated heterocycles. The Bertz CT molecular complexity index is 1440. The molecule has 3 unspecified atom stereocenters. The molecule has 0 N–H and O–H groups in total. The van der Waals surface area contributed by atoms with Gasteiger partial charge in [-0.15, -0.1) is 0 Å². The summed E-state index contributed by atoms with van der Waals surface area (Å²) in [6, 6.07) is 18.3. The quantitative estimate of drug-likeness (QED) is 0.139. The molecule has 2 heterocycles. The third kappa shape index (κ3) is 16.5. The molecule has 4 aromatic rings. The van der Waals surface area contributed by atoms with E-state index in [0.29, 0.717) is 12.1 Å². The summed E-state index contributed by atoms with van der Waals surface area (Å²) in [5, 5.41) is 1.43. The molecule has 4 heteroatoms. The summed E-state index contributed by atoms with van der Waals surface area (Å²) in [6.07, 6.45) is 10.0. The maximum absolute atomic E-state index is 5.62. The zero-order valence-corrected chi connectivity index (χ0v) is 33.4. The molecule has 51 heavy (non-hydrogen) atoms. The summed E-state index contributed by atoms with van der Waals surface area (Å²) < 4.78 is 10.3. The first-order valence-corrected chi connectivity index (χ1v) is 18.9. The van der Waals surface area contributed by atoms with Crippen LogP contribution in [0.4, 0.5) is 0 Å². The van der Waals surface area contributed by atoms with Gasteiger partial charge in [-0.25, -0.2) is 4.98 Å². The smallest absolute Gasteiger partial charge is 0.119 e. The molecule has 0 aliphatic carbocycles. The van der Waals surface area contributed by atoms with Gasteiger partial charge in [0.25, 0.3) is 0 Å². The van der Waals surface area contributed by atoms with E-state index in [4.69, 9.17) is 4.74 Å². The summed E-state index contributed by atoms with van der Waals surface area (Å²) >= 11 is 0. The van der Waals surface area contributed by atoms with Gasteiger partial charge in [-0.3, -0.25) is 0 Å². The maximum Gasteiger partial charge on any atom is 0.119 e. The van der Waals surface area contributed by atoms with Crippen LogP contribution in [0.3, 0.4) is 0 Å². The highest BCUT2D eigenvalue weighted by Crippen LogP contribution is 2.28. The average molecular weight is 706 g/mol. The van der Waals surface area contributed by atoms with Crippen molar-refractivity contribution in [3.05, 3.63) is 84.1 Å². The number of ether oxygens (including phenoxy) is 1. The Labute approximate surface area is 317 Å². The molecular weight excluding hydrogens is 623 g/mol. The standard InChI is InChI=1S/C17H25N.C15H24O.C12H22N2.3CH4/c1-12(2)14(5)10-15-11-18(13(3)4)17-9-7-6-8-16(15)17;1-11(2)13(5)10-14-6-8-15(9-7-14)16-12(3)4;1-9(2)11(5)6-12-7-13-8-14(12)10(3)4;;;/h6-9,11-14H,10H2,1-5H3;6-9,11-13H,10H2,1-5H3;7-11H,6H2,1-5H3;3*1H4. The largest absolute Gasteiger partial charge is 0.491 e. The lowest BCUT2D eigenvalue weighted by molar-refractivity contribution is 0.242. The van der Waals surface area contributed by atoms with Crippen LogP contribution in [-0.4, -0.2) is 20.2 Å². The molecule has 292 valence electrons. The highest BCUT2D eigenvalue weighted by molar-refractivity contribution is 5.84. The molecule has 0 spiro atoms. The van der Waals surface area contributed by atoms with E-state index in [2.05, 4.69) is 173 Å². The lowest BCUT2D eigenvalue weighted by Crippen LogP contribution is -2.12. The Hall–Kier alpha value is -3.01. The molecule has 2 aromatic heterocycles. The number of hydrogen-bond acceptors (Lipinski definition) is 2. The van der Waals surface area contributed by atoms with Crippen LogP contribution in [0.1, 0.15) is 155 Å². The van der Waals surface area contributed by atoms with E-state index >= 15 is 0 Å². The van der Waals surface area contributed by atoms with Gasteiger partial charge in [-0.05, 0) is 126 Å². The molecule has 2 aromatic carbocycles. The van der Waals surface area contributed by atoms with Gasteiger partial charge >= 0.3 is 0 Å². The van der Waals surface area contributed by atoms with Crippen molar-refractivity contribution in [3.8, 4) is 5.75 Å². The van der Waals surface area contributed by atoms with E-state index in [0.717, 1.165) is 54.1 Å². The summed E-state index contributed by atoms with van der Waals surface area (Å²) in [4.78, 5) is 4.22. The van der Waals surface area contributed by atoms with Crippen molar-refractivity contribution in [2.45, 2.75) is 164 Å². The number of rotatable bonds is 13. The predicted octanol–water partition coefficient (Wildman–Crippen LogP) is 14.6. The number of aromatic nitrogens is 3. The molecule has 0 amide bonds. The van der Waals surface area contributed by atoms with Gasteiger partial charge in [0.2, 0.25) is 0 Å². The molecule has 0 bridgehead atoms. The van der Waals surface area contributed by atoms with Gasteiger partial charge in [-0.1, -0.05) is 115 Å². The number of hydrogen-bond donors (Lipinski definition) is 0. The van der Waals surface area contributed by atoms with E-state index in [1.165, 1.54) is 34.1 Å². The fourth-order valence-corrected chi connectivity index (χ4v) is 5.55. The SMILES string of the molecule is C.C.C.CC(C)C(C)Cc1cn(C(C)C)c2ccccc12.CC(C)C(C)Cc1cncn1C(C)C.CC(C)Oc1ccc(CC(C)C(C)C)cc1. The molecule has 0 aliphatic rings. The van der Waals surface area contributed by atoms with Crippen molar-refractivity contribution in [2.24, 2.45) is 35.5 Å². The van der Waals surface area contributed by atoms with Gasteiger partial charge in [0, 0.05) is 41.1 Å². The van der Waals surface area contributed by atoms with E-state index in [-0.39, 0.29) is 28.4 Å². The zero-order valence-electron chi connectivity index (χ0n) is 33.4. The van der Waals surface area contributed by atoms with Crippen molar-refractivity contribution >= 4 is 10.9 Å². The maximum atomic E-state index is 5.62. The van der Waals surface area contributed by atoms with Crippen molar-refractivity contribution in [1.82, 2.24) is 14.1 Å². The highest BCUT2D eigenvalue weighted by Gasteiger charge is 2.15. The molecule has 0 fully saturated rings. The first-order chi connectivity index (χ1) is 22.5. The van der Waals surface area contributed by atoms with Gasteiger partial charge in [0.1, 0.15) is 5.75 Å². The second-order valence-corrected chi connectivity index (χ2v) is 16.1. The van der Waals surface area contributed by atoms with E-state index in [1.54, 1.807) is 0 Å². The normalized spacial score (nSPS) is 12.8. The monoisotopic (exact) mass is 706 g/mol. The Balaban J connectivity index is 0. The minimum atomic E-state index is 0. The van der Waals surface area contributed by atoms with Crippen molar-refractivity contribution in [2.75, 3.05) is 0 Å². The van der Waals surface area contributed by atoms with Crippen LogP contribution in [0.5, 0.6) is 5.75 Å². The fraction of sp³-hybridized carbons (Fsp3) is 0.638. The Morgan fingerprint density at radius 1 is 0.569 bits per heavy atom. The summed E-state index contributed by atoms with van der Waals surface area (Å²) in [6.45, 7) is 33.7. The van der Waals surface area contributed by atoms with Gasteiger partial charge in [0.05, 0.1) is 12.4 Å². The van der Waals surface area contributed by atoms with Crippen LogP contribution < -0.4 is 4.74 Å².